The van der Waals surface area contributed by atoms with Crippen molar-refractivity contribution in [3.63, 3.8) is 0 Å². The number of phenolic OH excluding ortho intramolecular Hbond substituents is 1. The number of nitrogens with one attached hydrogen (secondary N) is 8. The van der Waals surface area contributed by atoms with Crippen molar-refractivity contribution >= 4 is 70.3 Å². The number of benzene rings is 4. The van der Waals surface area contributed by atoms with Crippen molar-refractivity contribution in [2.45, 2.75) is 102 Å². The molecule has 4 aromatic rings. The van der Waals surface area contributed by atoms with E-state index >= 15 is 0 Å². The van der Waals surface area contributed by atoms with Crippen molar-refractivity contribution in [3.8, 4) is 16.9 Å². The highest BCUT2D eigenvalue weighted by Crippen LogP contribution is 2.44. The first-order valence-corrected chi connectivity index (χ1v) is 27.3. The molecule has 0 saturated heterocycles. The highest BCUT2D eigenvalue weighted by Gasteiger charge is 2.32. The average molecular weight is 1120 g/mol. The van der Waals surface area contributed by atoms with Crippen molar-refractivity contribution in [2.75, 3.05) is 38.5 Å². The van der Waals surface area contributed by atoms with Crippen LogP contribution in [-0.4, -0.2) is 137 Å². The zero-order chi connectivity index (χ0) is 58.1. The van der Waals surface area contributed by atoms with Gasteiger partial charge in [-0.1, -0.05) is 117 Å². The van der Waals surface area contributed by atoms with Gasteiger partial charge in [-0.05, 0) is 84.0 Å². The van der Waals surface area contributed by atoms with E-state index in [0.717, 1.165) is 34.0 Å². The monoisotopic (exact) mass is 1120 g/mol. The minimum Gasteiger partial charge on any atom is -0.508 e. The van der Waals surface area contributed by atoms with E-state index in [4.69, 9.17) is 15.6 Å². The number of hydrogen-bond donors (Lipinski definition) is 11. The van der Waals surface area contributed by atoms with Crippen LogP contribution in [0.5, 0.6) is 5.75 Å². The zero-order valence-corrected chi connectivity index (χ0v) is 45.7. The molecule has 0 aromatic heterocycles. The fourth-order valence-corrected chi connectivity index (χ4v) is 9.48. The number of phenols is 1. The second-order valence-electron chi connectivity index (χ2n) is 19.6. The molecule has 0 bridgehead atoms. The number of aromatic hydroxyl groups is 1. The number of aliphatic carboxylic acids is 1. The molecule has 22 nitrogen and oxygen atoms in total. The fraction of sp³-hybridized carbons (Fsp3) is 0.404. The number of fused-ring (bicyclic) bond motifs is 3. The lowest BCUT2D eigenvalue weighted by molar-refractivity contribution is -0.137. The Balaban J connectivity index is 1.14. The predicted molar refractivity (Wildman–Crippen MR) is 298 cm³/mol. The van der Waals surface area contributed by atoms with Crippen LogP contribution < -0.4 is 48.3 Å². The molecule has 8 amide bonds. The molecule has 5 rings (SSSR count). The van der Waals surface area contributed by atoms with Gasteiger partial charge in [-0.2, -0.15) is 0 Å². The van der Waals surface area contributed by atoms with E-state index in [9.17, 15) is 53.1 Å². The van der Waals surface area contributed by atoms with Gasteiger partial charge in [0.1, 0.15) is 37.0 Å². The van der Waals surface area contributed by atoms with Crippen LogP contribution in [-0.2, 0) is 60.7 Å². The number of amides is 8. The maximum absolute atomic E-state index is 14.0. The quantitative estimate of drug-likeness (QED) is 0.0322. The number of carboxylic acids is 1. The normalized spacial score (nSPS) is 13.4. The Morgan fingerprint density at radius 3 is 1.75 bits per heavy atom. The third kappa shape index (κ3) is 20.8. The van der Waals surface area contributed by atoms with Crippen LogP contribution in [0.3, 0.4) is 0 Å². The molecule has 1 aliphatic carbocycles. The lowest BCUT2D eigenvalue weighted by Crippen LogP contribution is -2.56. The second kappa shape index (κ2) is 31.9. The fourth-order valence-electron chi connectivity index (χ4n) is 8.64. The second-order valence-corrected chi connectivity index (χ2v) is 20.7. The molecule has 0 fully saturated rings. The maximum atomic E-state index is 14.0. The molecule has 4 aromatic carbocycles. The van der Waals surface area contributed by atoms with Crippen LogP contribution in [0.25, 0.3) is 11.1 Å². The van der Waals surface area contributed by atoms with Gasteiger partial charge < -0.3 is 63.2 Å². The lowest BCUT2D eigenvalue weighted by Gasteiger charge is -2.24. The van der Waals surface area contributed by atoms with Crippen LogP contribution in [0.1, 0.15) is 81.0 Å². The Morgan fingerprint density at radius 1 is 0.575 bits per heavy atom. The molecule has 23 heteroatoms. The number of rotatable bonds is 31. The van der Waals surface area contributed by atoms with Crippen molar-refractivity contribution in [1.29, 1.82) is 0 Å². The highest BCUT2D eigenvalue weighted by atomic mass is 32.2. The molecule has 1 aliphatic rings. The molecular weight excluding hydrogens is 1050 g/mol. The topological polar surface area (TPSA) is 343 Å². The maximum Gasteiger partial charge on any atom is 0.407 e. The van der Waals surface area contributed by atoms with Gasteiger partial charge in [-0.25, -0.2) is 4.79 Å². The number of unbranched alkanes of at least 4 members (excludes halogenated alkanes) is 1. The number of thioether (sulfide) groups is 1. The van der Waals surface area contributed by atoms with Crippen molar-refractivity contribution in [2.24, 2.45) is 11.7 Å². The summed E-state index contributed by atoms with van der Waals surface area (Å²) in [6, 6.07) is 24.8. The third-order valence-corrected chi connectivity index (χ3v) is 13.7. The lowest BCUT2D eigenvalue weighted by atomic mass is 9.98. The van der Waals surface area contributed by atoms with E-state index in [1.54, 1.807) is 30.3 Å². The standard InChI is InChI=1S/C57H71N9O13S/c1-34(2)27-47(56(77)80-26-24-48(68)61-32-51(71)72)66-55(76)46(28-36-13-5-4-6-14-36)63-50(70)31-60-49(69)30-62-53(74)45(29-37-20-22-38(67)23-21-37)65-54(75)44(64-52(73)35(3)58)19-11-12-25-59-57(78)79-33-43-41-17-9-7-15-39(41)40-16-8-10-18-42(40)43/h4-10,13-18,20-23,34-35,43-47,67H,11-12,19,24-33,58H2,1-3H3,(H,59,78)(H,60,69)(H,61,68)(H,62,74)(H,63,70)(H,64,73)(H,65,75)(H,66,76)(H,71,72)/t35-,44-,45-,46-,47-/m0/s1. The number of alkyl carbamates (subject to hydrolysis) is 1. The van der Waals surface area contributed by atoms with Crippen molar-refractivity contribution < 1.29 is 62.9 Å². The van der Waals surface area contributed by atoms with E-state index in [2.05, 4.69) is 42.5 Å². The summed E-state index contributed by atoms with van der Waals surface area (Å²) in [4.78, 5) is 130. The Kier molecular flexibility index (Phi) is 25.0. The third-order valence-electron chi connectivity index (χ3n) is 12.7. The number of ether oxygens (including phenoxy) is 1. The summed E-state index contributed by atoms with van der Waals surface area (Å²) in [5.74, 6) is -6.43. The molecule has 0 heterocycles. The molecule has 428 valence electrons. The summed E-state index contributed by atoms with van der Waals surface area (Å²) in [6.07, 6.45) is 0.172. The van der Waals surface area contributed by atoms with Crippen LogP contribution in [0.2, 0.25) is 0 Å². The first kappa shape index (κ1) is 62.5. The van der Waals surface area contributed by atoms with Gasteiger partial charge in [0.15, 0.2) is 0 Å². The molecule has 0 unspecified atom stereocenters. The summed E-state index contributed by atoms with van der Waals surface area (Å²) < 4.78 is 5.63. The van der Waals surface area contributed by atoms with Gasteiger partial charge in [-0.3, -0.25) is 43.2 Å². The molecule has 12 N–H and O–H groups in total. The van der Waals surface area contributed by atoms with Gasteiger partial charge in [0.25, 0.3) is 0 Å². The number of hydrogen-bond acceptors (Lipinski definition) is 14. The molecule has 0 spiro atoms. The SMILES string of the molecule is CC(C)C[C@H](NC(=O)[C@H](Cc1ccccc1)NC(=O)CNC(=O)CNC(=O)[C@H](Cc1ccc(O)cc1)NC(=O)[C@H](CCCCNC(=O)OCC1c2ccccc2-c2ccccc21)NC(=O)[C@H](C)N)C(=O)SCCC(=O)NCC(=O)O. The minimum absolute atomic E-state index is 0.00663. The Morgan fingerprint density at radius 2 is 1.12 bits per heavy atom. The van der Waals surface area contributed by atoms with Crippen molar-refractivity contribution in [3.05, 3.63) is 125 Å². The Hall–Kier alpha value is -8.31. The van der Waals surface area contributed by atoms with Crippen LogP contribution in [0.4, 0.5) is 4.79 Å². The summed E-state index contributed by atoms with van der Waals surface area (Å²) in [6.45, 7) is 3.61. The molecule has 0 aliphatic heterocycles. The number of carboxylic acid groups (broad SMARTS) is 1. The number of nitrogens with two attached hydrogens (primary N) is 1. The van der Waals surface area contributed by atoms with Crippen LogP contribution >= 0.6 is 11.8 Å². The van der Waals surface area contributed by atoms with E-state index < -0.39 is 108 Å². The van der Waals surface area contributed by atoms with E-state index in [1.807, 2.05) is 62.4 Å². The predicted octanol–water partition coefficient (Wildman–Crippen LogP) is 2.30. The van der Waals surface area contributed by atoms with E-state index in [1.165, 1.54) is 31.2 Å². The summed E-state index contributed by atoms with van der Waals surface area (Å²) >= 11 is 0.804. The van der Waals surface area contributed by atoms with Crippen LogP contribution in [0.15, 0.2) is 103 Å². The number of carbonyl (C=O) groups excluding carboxylic acids is 9. The van der Waals surface area contributed by atoms with E-state index in [0.29, 0.717) is 24.0 Å². The highest BCUT2D eigenvalue weighted by molar-refractivity contribution is 8.13. The van der Waals surface area contributed by atoms with Gasteiger partial charge in [0.2, 0.25) is 46.5 Å². The first-order valence-electron chi connectivity index (χ1n) is 26.3. The van der Waals surface area contributed by atoms with Crippen LogP contribution in [0, 0.1) is 5.92 Å². The molecule has 0 saturated carbocycles. The Bertz CT molecular complexity index is 2750. The van der Waals surface area contributed by atoms with Gasteiger partial charge in [-0.15, -0.1) is 0 Å². The van der Waals surface area contributed by atoms with Gasteiger partial charge >= 0.3 is 12.1 Å². The summed E-state index contributed by atoms with van der Waals surface area (Å²) in [5.41, 5.74) is 11.4. The minimum atomic E-state index is -1.32. The number of carbonyl (C=O) groups is 10. The van der Waals surface area contributed by atoms with E-state index in [-0.39, 0.29) is 68.6 Å². The zero-order valence-electron chi connectivity index (χ0n) is 44.9. The largest absolute Gasteiger partial charge is 0.508 e. The van der Waals surface area contributed by atoms with Gasteiger partial charge in [0, 0.05) is 37.5 Å². The summed E-state index contributed by atoms with van der Waals surface area (Å²) in [7, 11) is 0. The molecule has 5 atom stereocenters. The average Bonchev–Trinajstić information content (AvgIpc) is 3.91. The molecule has 80 heavy (non-hydrogen) atoms. The van der Waals surface area contributed by atoms with Gasteiger partial charge in [0.05, 0.1) is 25.2 Å². The molecular formula is C57H71N9O13S. The molecule has 0 radical (unpaired) electrons. The van der Waals surface area contributed by atoms with Crippen molar-refractivity contribution in [1.82, 2.24) is 42.5 Å². The first-order chi connectivity index (χ1) is 38.3. The Labute approximate surface area is 468 Å². The smallest absolute Gasteiger partial charge is 0.407 e. The summed E-state index contributed by atoms with van der Waals surface area (Å²) in [5, 5.41) is 38.7.